The highest BCUT2D eigenvalue weighted by Crippen LogP contribution is 2.22. The molecule has 1 rings (SSSR count). The van der Waals surface area contributed by atoms with E-state index in [2.05, 4.69) is 10.1 Å². The smallest absolute Gasteiger partial charge is 0.328 e. The second-order valence-electron chi connectivity index (χ2n) is 4.29. The number of carbonyl (C=O) groups is 2. The maximum atomic E-state index is 11.7. The highest BCUT2D eigenvalue weighted by atomic mass is 35.5. The fourth-order valence-electron chi connectivity index (χ4n) is 1.69. The average Bonchev–Trinajstić information content (AvgIpc) is 2.45. The Bertz CT molecular complexity index is 490. The number of methoxy groups -OCH3 is 2. The minimum absolute atomic E-state index is 0.128. The van der Waals surface area contributed by atoms with Crippen molar-refractivity contribution in [3.63, 3.8) is 0 Å². The molecule has 0 amide bonds. The van der Waals surface area contributed by atoms with Gasteiger partial charge in [0, 0.05) is 17.1 Å². The van der Waals surface area contributed by atoms with Crippen LogP contribution in [-0.4, -0.2) is 32.2 Å². The fourth-order valence-corrected chi connectivity index (χ4v) is 1.86. The zero-order chi connectivity index (χ0) is 15.1. The molecule has 0 spiro atoms. The summed E-state index contributed by atoms with van der Waals surface area (Å²) in [6.07, 6.45) is 0.411. The van der Waals surface area contributed by atoms with Crippen molar-refractivity contribution in [2.24, 2.45) is 0 Å². The lowest BCUT2D eigenvalue weighted by atomic mass is 10.1. The molecule has 0 bridgehead atoms. The maximum Gasteiger partial charge on any atom is 0.328 e. The largest absolute Gasteiger partial charge is 0.469 e. The van der Waals surface area contributed by atoms with E-state index in [0.717, 1.165) is 11.3 Å². The molecule has 0 saturated heterocycles. The maximum absolute atomic E-state index is 11.7. The van der Waals surface area contributed by atoms with Crippen LogP contribution in [0.25, 0.3) is 0 Å². The van der Waals surface area contributed by atoms with Crippen molar-refractivity contribution < 1.29 is 19.1 Å². The Morgan fingerprint density at radius 3 is 2.60 bits per heavy atom. The van der Waals surface area contributed by atoms with Crippen molar-refractivity contribution in [1.29, 1.82) is 0 Å². The third-order valence-electron chi connectivity index (χ3n) is 2.88. The topological polar surface area (TPSA) is 64.6 Å². The lowest BCUT2D eigenvalue weighted by Gasteiger charge is -2.18. The molecule has 0 radical (unpaired) electrons. The molecule has 0 heterocycles. The molecule has 110 valence electrons. The van der Waals surface area contributed by atoms with Gasteiger partial charge in [0.25, 0.3) is 0 Å². The zero-order valence-corrected chi connectivity index (χ0v) is 12.5. The van der Waals surface area contributed by atoms with Gasteiger partial charge in [-0.1, -0.05) is 17.7 Å². The van der Waals surface area contributed by atoms with E-state index >= 15 is 0 Å². The van der Waals surface area contributed by atoms with E-state index in [1.54, 1.807) is 12.1 Å². The molecule has 1 aromatic rings. The minimum Gasteiger partial charge on any atom is -0.469 e. The van der Waals surface area contributed by atoms with Crippen molar-refractivity contribution in [2.75, 3.05) is 19.5 Å². The molecule has 0 aliphatic heterocycles. The van der Waals surface area contributed by atoms with Gasteiger partial charge in [-0.15, -0.1) is 0 Å². The molecule has 0 fully saturated rings. The predicted molar refractivity (Wildman–Crippen MR) is 76.9 cm³/mol. The number of halogens is 1. The molecule has 0 saturated carbocycles. The third kappa shape index (κ3) is 4.74. The van der Waals surface area contributed by atoms with E-state index in [0.29, 0.717) is 5.02 Å². The Kier molecular flexibility index (Phi) is 6.31. The van der Waals surface area contributed by atoms with E-state index in [9.17, 15) is 9.59 Å². The van der Waals surface area contributed by atoms with Crippen LogP contribution in [0, 0.1) is 6.92 Å². The van der Waals surface area contributed by atoms with Gasteiger partial charge >= 0.3 is 11.9 Å². The van der Waals surface area contributed by atoms with Gasteiger partial charge in [-0.2, -0.15) is 0 Å². The SMILES string of the molecule is COC(=O)CC[C@H](Nc1cc(Cl)ccc1C)C(=O)OC. The van der Waals surface area contributed by atoms with Gasteiger partial charge in [-0.25, -0.2) is 4.79 Å². The van der Waals surface area contributed by atoms with Crippen molar-refractivity contribution in [2.45, 2.75) is 25.8 Å². The Labute approximate surface area is 123 Å². The summed E-state index contributed by atoms with van der Waals surface area (Å²) in [6.45, 7) is 1.90. The normalized spacial score (nSPS) is 11.6. The number of rotatable bonds is 6. The van der Waals surface area contributed by atoms with Crippen LogP contribution in [0.5, 0.6) is 0 Å². The molecule has 0 aliphatic carbocycles. The summed E-state index contributed by atoms with van der Waals surface area (Å²) in [6, 6.07) is 4.71. The predicted octanol–water partition coefficient (Wildman–Crippen LogP) is 2.56. The van der Waals surface area contributed by atoms with Crippen LogP contribution in [0.2, 0.25) is 5.02 Å². The first-order valence-corrected chi connectivity index (χ1v) is 6.53. The van der Waals surface area contributed by atoms with Gasteiger partial charge in [0.1, 0.15) is 6.04 Å². The molecule has 20 heavy (non-hydrogen) atoms. The van der Waals surface area contributed by atoms with Crippen LogP contribution in [0.3, 0.4) is 0 Å². The quantitative estimate of drug-likeness (QED) is 0.818. The van der Waals surface area contributed by atoms with Crippen LogP contribution in [0.4, 0.5) is 5.69 Å². The summed E-state index contributed by atoms with van der Waals surface area (Å²) in [5.74, 6) is -0.809. The van der Waals surface area contributed by atoms with Crippen LogP contribution >= 0.6 is 11.6 Å². The standard InChI is InChI=1S/C14H18ClNO4/c1-9-4-5-10(15)8-12(9)16-11(14(18)20-3)6-7-13(17)19-2/h4-5,8,11,16H,6-7H2,1-3H3/t11-/m0/s1. The average molecular weight is 300 g/mol. The van der Waals surface area contributed by atoms with Gasteiger partial charge < -0.3 is 14.8 Å². The number of ether oxygens (including phenoxy) is 2. The summed E-state index contributed by atoms with van der Waals surface area (Å²) < 4.78 is 9.30. The van der Waals surface area contributed by atoms with E-state index < -0.39 is 12.0 Å². The Morgan fingerprint density at radius 1 is 1.30 bits per heavy atom. The van der Waals surface area contributed by atoms with Crippen LogP contribution in [0.15, 0.2) is 18.2 Å². The molecule has 0 aliphatic rings. The van der Waals surface area contributed by atoms with Gasteiger partial charge in [0.05, 0.1) is 14.2 Å². The molecule has 5 nitrogen and oxygen atoms in total. The monoisotopic (exact) mass is 299 g/mol. The highest BCUT2D eigenvalue weighted by Gasteiger charge is 2.21. The van der Waals surface area contributed by atoms with Crippen molar-refractivity contribution in [1.82, 2.24) is 0 Å². The third-order valence-corrected chi connectivity index (χ3v) is 3.11. The molecular weight excluding hydrogens is 282 g/mol. The van der Waals surface area contributed by atoms with Crippen LogP contribution in [0.1, 0.15) is 18.4 Å². The minimum atomic E-state index is -0.628. The van der Waals surface area contributed by atoms with Crippen molar-refractivity contribution in [3.8, 4) is 0 Å². The number of hydrogen-bond acceptors (Lipinski definition) is 5. The molecule has 1 N–H and O–H groups in total. The first kappa shape index (κ1) is 16.3. The van der Waals surface area contributed by atoms with Gasteiger partial charge in [0.2, 0.25) is 0 Å². The number of benzene rings is 1. The summed E-state index contributed by atoms with van der Waals surface area (Å²) in [7, 11) is 2.62. The van der Waals surface area contributed by atoms with Crippen molar-refractivity contribution >= 4 is 29.2 Å². The van der Waals surface area contributed by atoms with E-state index in [1.807, 2.05) is 13.0 Å². The Balaban J connectivity index is 2.81. The summed E-state index contributed by atoms with van der Waals surface area (Å²) in [4.78, 5) is 22.9. The Hall–Kier alpha value is -1.75. The van der Waals surface area contributed by atoms with Gasteiger partial charge in [-0.3, -0.25) is 4.79 Å². The molecule has 0 aromatic heterocycles. The van der Waals surface area contributed by atoms with E-state index in [1.165, 1.54) is 14.2 Å². The molecular formula is C14H18ClNO4. The summed E-state index contributed by atoms with van der Waals surface area (Å²) >= 11 is 5.93. The first-order valence-electron chi connectivity index (χ1n) is 6.15. The van der Waals surface area contributed by atoms with Gasteiger partial charge in [0.15, 0.2) is 0 Å². The van der Waals surface area contributed by atoms with Crippen molar-refractivity contribution in [3.05, 3.63) is 28.8 Å². The Morgan fingerprint density at radius 2 is 2.00 bits per heavy atom. The number of nitrogens with one attached hydrogen (secondary N) is 1. The van der Waals surface area contributed by atoms with E-state index in [-0.39, 0.29) is 18.8 Å². The van der Waals surface area contributed by atoms with Crippen LogP contribution < -0.4 is 5.32 Å². The van der Waals surface area contributed by atoms with Crippen LogP contribution in [-0.2, 0) is 19.1 Å². The second kappa shape index (κ2) is 7.75. The van der Waals surface area contributed by atoms with Gasteiger partial charge in [-0.05, 0) is 31.0 Å². The number of anilines is 1. The number of hydrogen-bond donors (Lipinski definition) is 1. The van der Waals surface area contributed by atoms with E-state index in [4.69, 9.17) is 16.3 Å². The molecule has 1 atom stereocenters. The summed E-state index contributed by atoms with van der Waals surface area (Å²) in [5, 5.41) is 3.62. The lowest BCUT2D eigenvalue weighted by Crippen LogP contribution is -2.31. The zero-order valence-electron chi connectivity index (χ0n) is 11.7. The number of carbonyl (C=O) groups excluding carboxylic acids is 2. The molecule has 6 heteroatoms. The fraction of sp³-hybridized carbons (Fsp3) is 0.429. The highest BCUT2D eigenvalue weighted by molar-refractivity contribution is 6.30. The second-order valence-corrected chi connectivity index (χ2v) is 4.73. The summed E-state index contributed by atoms with van der Waals surface area (Å²) in [5.41, 5.74) is 1.68. The first-order chi connectivity index (χ1) is 9.47. The lowest BCUT2D eigenvalue weighted by molar-refractivity contribution is -0.143. The molecule has 0 unspecified atom stereocenters. The molecule has 1 aromatic carbocycles. The number of aryl methyl sites for hydroxylation is 1. The number of esters is 2.